The van der Waals surface area contributed by atoms with Crippen LogP contribution in [0.15, 0.2) is 42.5 Å². The van der Waals surface area contributed by atoms with Gasteiger partial charge in [0.25, 0.3) is 0 Å². The highest BCUT2D eigenvalue weighted by Gasteiger charge is 2.12. The third kappa shape index (κ3) is 4.09. The van der Waals surface area contributed by atoms with Gasteiger partial charge in [-0.3, -0.25) is 0 Å². The summed E-state index contributed by atoms with van der Waals surface area (Å²) >= 11 is 6.12. The van der Waals surface area contributed by atoms with E-state index in [0.29, 0.717) is 0 Å². The second-order valence-electron chi connectivity index (χ2n) is 5.58. The van der Waals surface area contributed by atoms with E-state index in [1.165, 1.54) is 36.0 Å². The van der Waals surface area contributed by atoms with E-state index in [-0.39, 0.29) is 6.04 Å². The predicted molar refractivity (Wildman–Crippen MR) is 92.1 cm³/mol. The van der Waals surface area contributed by atoms with E-state index in [2.05, 4.69) is 48.6 Å². The minimum Gasteiger partial charge on any atom is -0.309 e. The van der Waals surface area contributed by atoms with Crippen LogP contribution >= 0.6 is 11.6 Å². The van der Waals surface area contributed by atoms with Crippen molar-refractivity contribution in [2.24, 2.45) is 0 Å². The summed E-state index contributed by atoms with van der Waals surface area (Å²) in [7, 11) is 2.00. The van der Waals surface area contributed by atoms with Crippen molar-refractivity contribution < 1.29 is 0 Å². The first-order chi connectivity index (χ1) is 10.2. The van der Waals surface area contributed by atoms with Crippen molar-refractivity contribution in [3.8, 4) is 0 Å². The fourth-order valence-electron chi connectivity index (χ4n) is 2.63. The van der Waals surface area contributed by atoms with Crippen molar-refractivity contribution in [3.63, 3.8) is 0 Å². The Bertz CT molecular complexity index is 575. The Hall–Kier alpha value is -1.31. The Morgan fingerprint density at radius 1 is 1.05 bits per heavy atom. The molecule has 0 radical (unpaired) electrons. The number of nitrogens with one attached hydrogen (secondary N) is 1. The minimum atomic E-state index is 0.209. The zero-order chi connectivity index (χ0) is 15.2. The van der Waals surface area contributed by atoms with Crippen LogP contribution in [-0.2, 0) is 6.42 Å². The number of aryl methyl sites for hydroxylation is 2. The van der Waals surface area contributed by atoms with E-state index >= 15 is 0 Å². The zero-order valence-electron chi connectivity index (χ0n) is 13.1. The highest BCUT2D eigenvalue weighted by molar-refractivity contribution is 6.31. The van der Waals surface area contributed by atoms with Crippen LogP contribution in [0.3, 0.4) is 0 Å². The van der Waals surface area contributed by atoms with Gasteiger partial charge >= 0.3 is 0 Å². The van der Waals surface area contributed by atoms with Crippen LogP contribution in [0.25, 0.3) is 0 Å². The lowest BCUT2D eigenvalue weighted by molar-refractivity contribution is 0.690. The molecule has 0 amide bonds. The van der Waals surface area contributed by atoms with Gasteiger partial charge in [0.15, 0.2) is 0 Å². The maximum Gasteiger partial charge on any atom is 0.0574 e. The summed E-state index contributed by atoms with van der Waals surface area (Å²) in [4.78, 5) is 0. The number of hydrogen-bond acceptors (Lipinski definition) is 1. The second kappa shape index (κ2) is 7.63. The van der Waals surface area contributed by atoms with Crippen molar-refractivity contribution in [1.29, 1.82) is 0 Å². The number of halogens is 1. The predicted octanol–water partition coefficient (Wildman–Crippen LogP) is 5.30. The molecule has 112 valence electrons. The standard InChI is InChI=1S/C19H24ClN/c1-4-5-6-15-7-9-16(10-8-15)19(21-3)17-11-12-18(20)14(2)13-17/h7-13,19,21H,4-6H2,1-3H3. The first kappa shape index (κ1) is 16.1. The number of rotatable bonds is 6. The number of unbranched alkanes of at least 4 members (excludes halogenated alkanes) is 1. The summed E-state index contributed by atoms with van der Waals surface area (Å²) in [5.41, 5.74) is 5.08. The number of benzene rings is 2. The van der Waals surface area contributed by atoms with Crippen molar-refractivity contribution in [2.75, 3.05) is 7.05 Å². The van der Waals surface area contributed by atoms with E-state index in [1.54, 1.807) is 0 Å². The van der Waals surface area contributed by atoms with E-state index in [0.717, 1.165) is 10.6 Å². The molecule has 2 aromatic rings. The SMILES string of the molecule is CCCCc1ccc(C(NC)c2ccc(Cl)c(C)c2)cc1. The summed E-state index contributed by atoms with van der Waals surface area (Å²) in [6, 6.07) is 15.4. The largest absolute Gasteiger partial charge is 0.309 e. The van der Waals surface area contributed by atoms with E-state index in [4.69, 9.17) is 11.6 Å². The molecule has 2 heteroatoms. The molecule has 1 atom stereocenters. The molecule has 0 aliphatic rings. The molecule has 2 rings (SSSR count). The highest BCUT2D eigenvalue weighted by Crippen LogP contribution is 2.26. The molecule has 1 nitrogen and oxygen atoms in total. The van der Waals surface area contributed by atoms with Gasteiger partial charge < -0.3 is 5.32 Å². The first-order valence-corrected chi connectivity index (χ1v) is 8.05. The molecular formula is C19H24ClN. The smallest absolute Gasteiger partial charge is 0.0574 e. The topological polar surface area (TPSA) is 12.0 Å². The molecule has 0 saturated carbocycles. The molecule has 0 heterocycles. The summed E-state index contributed by atoms with van der Waals surface area (Å²) in [5, 5.41) is 4.22. The monoisotopic (exact) mass is 301 g/mol. The molecule has 0 fully saturated rings. The Labute approximate surface area is 133 Å². The second-order valence-corrected chi connectivity index (χ2v) is 5.98. The summed E-state index contributed by atoms with van der Waals surface area (Å²) in [5.74, 6) is 0. The van der Waals surface area contributed by atoms with Crippen LogP contribution in [0, 0.1) is 6.92 Å². The maximum absolute atomic E-state index is 6.12. The molecule has 0 saturated heterocycles. The summed E-state index contributed by atoms with van der Waals surface area (Å²) in [6.45, 7) is 4.28. The fraction of sp³-hybridized carbons (Fsp3) is 0.368. The Balaban J connectivity index is 2.22. The van der Waals surface area contributed by atoms with Crippen molar-refractivity contribution in [2.45, 2.75) is 39.2 Å². The molecule has 2 aromatic carbocycles. The van der Waals surface area contributed by atoms with Gasteiger partial charge in [0.2, 0.25) is 0 Å². The van der Waals surface area contributed by atoms with Gasteiger partial charge in [-0.1, -0.05) is 61.3 Å². The first-order valence-electron chi connectivity index (χ1n) is 7.68. The van der Waals surface area contributed by atoms with Crippen LogP contribution in [0.4, 0.5) is 0 Å². The van der Waals surface area contributed by atoms with Crippen molar-refractivity contribution in [3.05, 3.63) is 69.7 Å². The third-order valence-corrected chi connectivity index (χ3v) is 4.36. The lowest BCUT2D eigenvalue weighted by Gasteiger charge is -2.18. The van der Waals surface area contributed by atoms with E-state index in [1.807, 2.05) is 20.0 Å². The van der Waals surface area contributed by atoms with Crippen molar-refractivity contribution >= 4 is 11.6 Å². The third-order valence-electron chi connectivity index (χ3n) is 3.94. The molecular weight excluding hydrogens is 278 g/mol. The van der Waals surface area contributed by atoms with Gasteiger partial charge in [-0.05, 0) is 55.1 Å². The highest BCUT2D eigenvalue weighted by atomic mass is 35.5. The molecule has 0 spiro atoms. The molecule has 0 aromatic heterocycles. The fourth-order valence-corrected chi connectivity index (χ4v) is 2.75. The summed E-state index contributed by atoms with van der Waals surface area (Å²) < 4.78 is 0. The molecule has 1 N–H and O–H groups in total. The van der Waals surface area contributed by atoms with Gasteiger partial charge in [0, 0.05) is 5.02 Å². The molecule has 1 unspecified atom stereocenters. The lowest BCUT2D eigenvalue weighted by atomic mass is 9.96. The quantitative estimate of drug-likeness (QED) is 0.763. The number of hydrogen-bond donors (Lipinski definition) is 1. The minimum absolute atomic E-state index is 0.209. The Kier molecular flexibility index (Phi) is 5.84. The normalized spacial score (nSPS) is 12.4. The summed E-state index contributed by atoms with van der Waals surface area (Å²) in [6.07, 6.45) is 3.66. The van der Waals surface area contributed by atoms with Crippen molar-refractivity contribution in [1.82, 2.24) is 5.32 Å². The van der Waals surface area contributed by atoms with E-state index in [9.17, 15) is 0 Å². The van der Waals surface area contributed by atoms with Gasteiger partial charge in [-0.15, -0.1) is 0 Å². The molecule has 0 aliphatic carbocycles. The Morgan fingerprint density at radius 2 is 1.71 bits per heavy atom. The van der Waals surface area contributed by atoms with Gasteiger partial charge in [-0.2, -0.15) is 0 Å². The maximum atomic E-state index is 6.12. The van der Waals surface area contributed by atoms with Crippen LogP contribution in [0.2, 0.25) is 5.02 Å². The average molecular weight is 302 g/mol. The van der Waals surface area contributed by atoms with Gasteiger partial charge in [0.05, 0.1) is 6.04 Å². The van der Waals surface area contributed by atoms with Gasteiger partial charge in [0.1, 0.15) is 0 Å². The van der Waals surface area contributed by atoms with Crippen LogP contribution in [0.1, 0.15) is 48.1 Å². The van der Waals surface area contributed by atoms with Crippen LogP contribution in [-0.4, -0.2) is 7.05 Å². The average Bonchev–Trinajstić information content (AvgIpc) is 2.50. The molecule has 21 heavy (non-hydrogen) atoms. The van der Waals surface area contributed by atoms with Crippen LogP contribution in [0.5, 0.6) is 0 Å². The van der Waals surface area contributed by atoms with E-state index < -0.39 is 0 Å². The zero-order valence-corrected chi connectivity index (χ0v) is 13.9. The van der Waals surface area contributed by atoms with Crippen LogP contribution < -0.4 is 5.32 Å². The lowest BCUT2D eigenvalue weighted by Crippen LogP contribution is -2.17. The Morgan fingerprint density at radius 3 is 2.29 bits per heavy atom. The van der Waals surface area contributed by atoms with Gasteiger partial charge in [-0.25, -0.2) is 0 Å². The molecule has 0 bridgehead atoms. The molecule has 0 aliphatic heterocycles.